The second kappa shape index (κ2) is 8.32. The fraction of sp³-hybridized carbons (Fsp3) is 0.0769. The van der Waals surface area contributed by atoms with E-state index in [1.165, 1.54) is 19.2 Å². The van der Waals surface area contributed by atoms with E-state index >= 15 is 0 Å². The number of ether oxygens (including phenoxy) is 1. The summed E-state index contributed by atoms with van der Waals surface area (Å²) in [6.45, 7) is 0. The zero-order chi connectivity index (χ0) is 23.8. The molecule has 2 heterocycles. The van der Waals surface area contributed by atoms with Gasteiger partial charge in [-0.05, 0) is 42.0 Å². The van der Waals surface area contributed by atoms with Gasteiger partial charge >= 0.3 is 11.9 Å². The number of nitrogens with zero attached hydrogens (tertiary/aromatic N) is 2. The number of methoxy groups -OCH3 is 1. The van der Waals surface area contributed by atoms with Crippen molar-refractivity contribution in [2.45, 2.75) is 6.04 Å². The van der Waals surface area contributed by atoms with Crippen LogP contribution in [0.1, 0.15) is 48.4 Å². The second-order valence-electron chi connectivity index (χ2n) is 7.77. The maximum Gasteiger partial charge on any atom is 0.337 e. The van der Waals surface area contributed by atoms with Gasteiger partial charge < -0.3 is 9.84 Å². The largest absolute Gasteiger partial charge is 0.478 e. The second-order valence-corrected chi connectivity index (χ2v) is 7.77. The van der Waals surface area contributed by atoms with Gasteiger partial charge in [0, 0.05) is 16.8 Å². The SMILES string of the molecule is COC(=O)c1ccc([C@@H]2c3c(-c4ccccc4)n[nH]c3C(=O)N2c2ccc(C(=O)O)cc2)cc1. The van der Waals surface area contributed by atoms with E-state index in [-0.39, 0.29) is 11.5 Å². The average Bonchev–Trinajstić information content (AvgIpc) is 3.43. The minimum atomic E-state index is -1.05. The molecule has 8 nitrogen and oxygen atoms in total. The Bertz CT molecular complexity index is 1390. The summed E-state index contributed by atoms with van der Waals surface area (Å²) in [5, 5.41) is 16.6. The summed E-state index contributed by atoms with van der Waals surface area (Å²) in [6.07, 6.45) is 0. The maximum absolute atomic E-state index is 13.5. The molecular weight excluding hydrogens is 434 g/mol. The van der Waals surface area contributed by atoms with Gasteiger partial charge in [-0.3, -0.25) is 14.8 Å². The van der Waals surface area contributed by atoms with Gasteiger partial charge in [0.15, 0.2) is 0 Å². The van der Waals surface area contributed by atoms with Crippen molar-refractivity contribution in [3.8, 4) is 11.3 Å². The molecule has 1 aliphatic heterocycles. The van der Waals surface area contributed by atoms with Gasteiger partial charge in [0.25, 0.3) is 5.91 Å². The number of nitrogens with one attached hydrogen (secondary N) is 1. The highest BCUT2D eigenvalue weighted by Crippen LogP contribution is 2.45. The van der Waals surface area contributed by atoms with Crippen LogP contribution in [-0.4, -0.2) is 40.3 Å². The number of carbonyl (C=O) groups excluding carboxylic acids is 2. The highest BCUT2D eigenvalue weighted by molar-refractivity contribution is 6.12. The molecule has 3 aromatic carbocycles. The summed E-state index contributed by atoms with van der Waals surface area (Å²) in [5.41, 5.74) is 4.40. The Labute approximate surface area is 194 Å². The highest BCUT2D eigenvalue weighted by Gasteiger charge is 2.43. The number of hydrogen-bond donors (Lipinski definition) is 2. The van der Waals surface area contributed by atoms with Crippen molar-refractivity contribution in [2.75, 3.05) is 12.0 Å². The maximum atomic E-state index is 13.5. The van der Waals surface area contributed by atoms with E-state index < -0.39 is 18.0 Å². The molecule has 4 aromatic rings. The van der Waals surface area contributed by atoms with Crippen molar-refractivity contribution in [1.29, 1.82) is 0 Å². The van der Waals surface area contributed by atoms with Gasteiger partial charge in [0.1, 0.15) is 5.69 Å². The number of rotatable bonds is 5. The standard InChI is InChI=1S/C26H19N3O5/c1-34-26(33)18-9-7-16(8-10-18)23-20-21(15-5-3-2-4-6-15)27-28-22(20)24(30)29(23)19-13-11-17(12-14-19)25(31)32/h2-14,23H,1H3,(H,27,28)(H,31,32)/t23-/m1/s1. The number of aromatic nitrogens is 2. The lowest BCUT2D eigenvalue weighted by Gasteiger charge is -2.26. The Morgan fingerprint density at radius 3 is 2.21 bits per heavy atom. The molecule has 0 fully saturated rings. The van der Waals surface area contributed by atoms with Gasteiger partial charge in [-0.15, -0.1) is 0 Å². The molecule has 5 rings (SSSR count). The van der Waals surface area contributed by atoms with E-state index in [0.717, 1.165) is 11.1 Å². The lowest BCUT2D eigenvalue weighted by molar-refractivity contribution is 0.0599. The fourth-order valence-corrected chi connectivity index (χ4v) is 4.23. The molecule has 2 N–H and O–H groups in total. The third-order valence-corrected chi connectivity index (χ3v) is 5.86. The number of H-pyrrole nitrogens is 1. The number of hydrogen-bond acceptors (Lipinski definition) is 5. The van der Waals surface area contributed by atoms with Crippen LogP contribution < -0.4 is 4.90 Å². The van der Waals surface area contributed by atoms with Gasteiger partial charge in [-0.2, -0.15) is 5.10 Å². The van der Waals surface area contributed by atoms with Crippen molar-refractivity contribution >= 4 is 23.5 Å². The number of carboxylic acids is 1. The summed E-state index contributed by atoms with van der Waals surface area (Å²) < 4.78 is 4.79. The number of aromatic carboxylic acids is 1. The van der Waals surface area contributed by atoms with Crippen molar-refractivity contribution in [3.05, 3.63) is 107 Å². The number of anilines is 1. The summed E-state index contributed by atoms with van der Waals surface area (Å²) in [5.74, 6) is -1.78. The van der Waals surface area contributed by atoms with Crippen molar-refractivity contribution in [3.63, 3.8) is 0 Å². The Morgan fingerprint density at radius 1 is 0.941 bits per heavy atom. The predicted octanol–water partition coefficient (Wildman–Crippen LogP) is 4.31. The Kier molecular flexibility index (Phi) is 5.18. The zero-order valence-corrected chi connectivity index (χ0v) is 18.1. The average molecular weight is 453 g/mol. The fourth-order valence-electron chi connectivity index (χ4n) is 4.23. The first kappa shape index (κ1) is 21.1. The van der Waals surface area contributed by atoms with Crippen LogP contribution in [0.2, 0.25) is 0 Å². The summed E-state index contributed by atoms with van der Waals surface area (Å²) in [6, 6.07) is 22.0. The lowest BCUT2D eigenvalue weighted by Crippen LogP contribution is -2.29. The van der Waals surface area contributed by atoms with Crippen LogP contribution in [0.15, 0.2) is 78.9 Å². The van der Waals surface area contributed by atoms with Crippen LogP contribution >= 0.6 is 0 Å². The van der Waals surface area contributed by atoms with Crippen LogP contribution in [0, 0.1) is 0 Å². The molecule has 0 bridgehead atoms. The first-order chi connectivity index (χ1) is 16.5. The molecule has 168 valence electrons. The summed E-state index contributed by atoms with van der Waals surface area (Å²) in [4.78, 5) is 38.4. The van der Waals surface area contributed by atoms with E-state index in [1.54, 1.807) is 41.3 Å². The van der Waals surface area contributed by atoms with E-state index in [4.69, 9.17) is 4.74 Å². The Balaban J connectivity index is 1.66. The van der Waals surface area contributed by atoms with Crippen LogP contribution in [-0.2, 0) is 4.74 Å². The molecule has 0 aliphatic carbocycles. The number of aromatic amines is 1. The molecule has 1 amide bonds. The molecule has 0 spiro atoms. The number of carboxylic acid groups (broad SMARTS) is 1. The third kappa shape index (κ3) is 3.41. The molecule has 34 heavy (non-hydrogen) atoms. The molecule has 1 aliphatic rings. The lowest BCUT2D eigenvalue weighted by atomic mass is 9.95. The Morgan fingerprint density at radius 2 is 1.59 bits per heavy atom. The first-order valence-electron chi connectivity index (χ1n) is 10.5. The molecule has 0 unspecified atom stereocenters. The van der Waals surface area contributed by atoms with E-state index in [9.17, 15) is 19.5 Å². The number of benzene rings is 3. The minimum absolute atomic E-state index is 0.125. The monoisotopic (exact) mass is 453 g/mol. The smallest absolute Gasteiger partial charge is 0.337 e. The van der Waals surface area contributed by atoms with Gasteiger partial charge in [0.2, 0.25) is 0 Å². The van der Waals surface area contributed by atoms with Crippen molar-refractivity contribution in [1.82, 2.24) is 10.2 Å². The molecule has 0 saturated heterocycles. The van der Waals surface area contributed by atoms with Crippen LogP contribution in [0.25, 0.3) is 11.3 Å². The number of carbonyl (C=O) groups is 3. The highest BCUT2D eigenvalue weighted by atomic mass is 16.5. The predicted molar refractivity (Wildman–Crippen MR) is 124 cm³/mol. The molecule has 0 radical (unpaired) electrons. The minimum Gasteiger partial charge on any atom is -0.478 e. The van der Waals surface area contributed by atoms with Crippen LogP contribution in [0.4, 0.5) is 5.69 Å². The first-order valence-corrected chi connectivity index (χ1v) is 10.5. The van der Waals surface area contributed by atoms with Crippen LogP contribution in [0.5, 0.6) is 0 Å². The topological polar surface area (TPSA) is 113 Å². The van der Waals surface area contributed by atoms with Crippen molar-refractivity contribution < 1.29 is 24.2 Å². The number of amides is 1. The molecule has 8 heteroatoms. The Hall–Kier alpha value is -4.72. The van der Waals surface area contributed by atoms with Gasteiger partial charge in [0.05, 0.1) is 30.0 Å². The number of fused-ring (bicyclic) bond motifs is 1. The van der Waals surface area contributed by atoms with Crippen LogP contribution in [0.3, 0.4) is 0 Å². The number of esters is 1. The molecular formula is C26H19N3O5. The molecule has 1 aromatic heterocycles. The van der Waals surface area contributed by atoms with E-state index in [1.807, 2.05) is 30.3 Å². The molecule has 1 atom stereocenters. The third-order valence-electron chi connectivity index (χ3n) is 5.86. The van der Waals surface area contributed by atoms with E-state index in [2.05, 4.69) is 10.2 Å². The normalized spacial score (nSPS) is 14.7. The quantitative estimate of drug-likeness (QED) is 0.436. The van der Waals surface area contributed by atoms with E-state index in [0.29, 0.717) is 28.2 Å². The summed E-state index contributed by atoms with van der Waals surface area (Å²) >= 11 is 0. The van der Waals surface area contributed by atoms with Gasteiger partial charge in [-0.1, -0.05) is 42.5 Å². The summed E-state index contributed by atoms with van der Waals surface area (Å²) in [7, 11) is 1.32. The van der Waals surface area contributed by atoms with Gasteiger partial charge in [-0.25, -0.2) is 9.59 Å². The van der Waals surface area contributed by atoms with Crippen molar-refractivity contribution in [2.24, 2.45) is 0 Å². The zero-order valence-electron chi connectivity index (χ0n) is 18.1. The molecule has 0 saturated carbocycles.